The summed E-state index contributed by atoms with van der Waals surface area (Å²) in [6, 6.07) is 12.2. The first-order valence-electron chi connectivity index (χ1n) is 7.71. The van der Waals surface area contributed by atoms with Gasteiger partial charge in [-0.1, -0.05) is 30.3 Å². The maximum Gasteiger partial charge on any atom is 0.187 e. The molecule has 0 saturated carbocycles. The zero-order valence-corrected chi connectivity index (χ0v) is 13.4. The molecule has 0 saturated heterocycles. The highest BCUT2D eigenvalue weighted by Gasteiger charge is 2.36. The van der Waals surface area contributed by atoms with Gasteiger partial charge in [0.25, 0.3) is 0 Å². The Morgan fingerprint density at radius 2 is 1.91 bits per heavy atom. The molecule has 0 bridgehead atoms. The SMILES string of the molecule is NC1=CC(c2ccsc2)C2=C(CC(c3ccccc3)CC2=O)O1. The van der Waals surface area contributed by atoms with Crippen molar-refractivity contribution >= 4 is 17.1 Å². The molecule has 3 nitrogen and oxygen atoms in total. The van der Waals surface area contributed by atoms with Crippen molar-refractivity contribution < 1.29 is 9.53 Å². The first kappa shape index (κ1) is 14.3. The molecule has 1 aromatic carbocycles. The van der Waals surface area contributed by atoms with Crippen LogP contribution in [0.15, 0.2) is 70.4 Å². The Bertz CT molecular complexity index is 790. The number of benzene rings is 1. The average molecular weight is 323 g/mol. The molecule has 2 aliphatic rings. The number of Topliss-reactive ketones (excluding diaryl/α,β-unsaturated/α-hetero) is 1. The monoisotopic (exact) mass is 323 g/mol. The number of allylic oxidation sites excluding steroid dienone is 3. The molecule has 0 amide bonds. The molecule has 116 valence electrons. The van der Waals surface area contributed by atoms with Gasteiger partial charge < -0.3 is 10.5 Å². The molecule has 4 rings (SSSR count). The third-order valence-corrected chi connectivity index (χ3v) is 5.22. The van der Waals surface area contributed by atoms with E-state index in [4.69, 9.17) is 10.5 Å². The zero-order chi connectivity index (χ0) is 15.8. The molecular formula is C19H17NO2S. The van der Waals surface area contributed by atoms with Crippen LogP contribution in [0.25, 0.3) is 0 Å². The van der Waals surface area contributed by atoms with Crippen LogP contribution >= 0.6 is 11.3 Å². The van der Waals surface area contributed by atoms with E-state index in [-0.39, 0.29) is 17.6 Å². The van der Waals surface area contributed by atoms with E-state index in [1.165, 1.54) is 5.56 Å². The highest BCUT2D eigenvalue weighted by Crippen LogP contribution is 2.44. The van der Waals surface area contributed by atoms with Crippen molar-refractivity contribution in [3.63, 3.8) is 0 Å². The Morgan fingerprint density at radius 3 is 2.65 bits per heavy atom. The smallest absolute Gasteiger partial charge is 0.187 e. The number of ketones is 1. The summed E-state index contributed by atoms with van der Waals surface area (Å²) in [6.45, 7) is 0. The van der Waals surface area contributed by atoms with E-state index in [1.807, 2.05) is 35.7 Å². The van der Waals surface area contributed by atoms with Crippen LogP contribution in [0.5, 0.6) is 0 Å². The molecule has 2 unspecified atom stereocenters. The Kier molecular flexibility index (Phi) is 3.54. The van der Waals surface area contributed by atoms with Crippen LogP contribution in [0.1, 0.15) is 35.8 Å². The third kappa shape index (κ3) is 2.59. The standard InChI is InChI=1S/C19H17NO2S/c20-18-10-15(13-6-7-23-11-13)19-16(21)8-14(9-17(19)22-18)12-4-2-1-3-5-12/h1-7,10-11,14-15H,8-9,20H2. The lowest BCUT2D eigenvalue weighted by Crippen LogP contribution is -2.27. The summed E-state index contributed by atoms with van der Waals surface area (Å²) in [6.07, 6.45) is 3.10. The van der Waals surface area contributed by atoms with Crippen molar-refractivity contribution in [2.45, 2.75) is 24.7 Å². The molecule has 1 aliphatic carbocycles. The summed E-state index contributed by atoms with van der Waals surface area (Å²) in [7, 11) is 0. The molecule has 23 heavy (non-hydrogen) atoms. The minimum absolute atomic E-state index is 0.0748. The van der Waals surface area contributed by atoms with E-state index < -0.39 is 0 Å². The predicted molar refractivity (Wildman–Crippen MR) is 90.9 cm³/mol. The summed E-state index contributed by atoms with van der Waals surface area (Å²) in [5.41, 5.74) is 9.04. The topological polar surface area (TPSA) is 52.3 Å². The predicted octanol–water partition coefficient (Wildman–Crippen LogP) is 4.06. The highest BCUT2D eigenvalue weighted by atomic mass is 32.1. The van der Waals surface area contributed by atoms with Crippen molar-refractivity contribution in [3.05, 3.63) is 81.6 Å². The first-order valence-corrected chi connectivity index (χ1v) is 8.65. The first-order chi connectivity index (χ1) is 11.2. The molecular weight excluding hydrogens is 306 g/mol. The van der Waals surface area contributed by atoms with Gasteiger partial charge in [0.05, 0.1) is 0 Å². The van der Waals surface area contributed by atoms with E-state index in [9.17, 15) is 4.79 Å². The second kappa shape index (κ2) is 5.70. The number of hydrogen-bond donors (Lipinski definition) is 1. The van der Waals surface area contributed by atoms with Crippen LogP contribution in [0, 0.1) is 0 Å². The van der Waals surface area contributed by atoms with Gasteiger partial charge in [0.15, 0.2) is 11.7 Å². The van der Waals surface area contributed by atoms with Crippen molar-refractivity contribution in [1.29, 1.82) is 0 Å². The fourth-order valence-electron chi connectivity index (χ4n) is 3.44. The van der Waals surface area contributed by atoms with Crippen molar-refractivity contribution in [3.8, 4) is 0 Å². The van der Waals surface area contributed by atoms with Gasteiger partial charge in [-0.25, -0.2) is 0 Å². The van der Waals surface area contributed by atoms with Crippen LogP contribution in [-0.2, 0) is 9.53 Å². The lowest BCUT2D eigenvalue weighted by Gasteiger charge is -2.32. The molecule has 0 fully saturated rings. The Balaban J connectivity index is 1.72. The minimum Gasteiger partial charge on any atom is -0.446 e. The molecule has 2 atom stereocenters. The van der Waals surface area contributed by atoms with Gasteiger partial charge in [0.2, 0.25) is 0 Å². The molecule has 1 aliphatic heterocycles. The molecule has 1 aromatic heterocycles. The van der Waals surface area contributed by atoms with Crippen molar-refractivity contribution in [2.75, 3.05) is 0 Å². The van der Waals surface area contributed by atoms with Gasteiger partial charge in [-0.05, 0) is 39.9 Å². The van der Waals surface area contributed by atoms with Gasteiger partial charge in [0, 0.05) is 24.3 Å². The van der Waals surface area contributed by atoms with Gasteiger partial charge in [-0.2, -0.15) is 11.3 Å². The van der Waals surface area contributed by atoms with E-state index in [1.54, 1.807) is 11.3 Å². The van der Waals surface area contributed by atoms with Gasteiger partial charge in [0.1, 0.15) is 5.76 Å². The van der Waals surface area contributed by atoms with E-state index in [0.717, 1.165) is 23.3 Å². The Labute approximate surface area is 139 Å². The zero-order valence-electron chi connectivity index (χ0n) is 12.6. The maximum absolute atomic E-state index is 12.8. The summed E-state index contributed by atoms with van der Waals surface area (Å²) in [5, 5.41) is 4.09. The quantitative estimate of drug-likeness (QED) is 0.906. The second-order valence-electron chi connectivity index (χ2n) is 5.98. The summed E-state index contributed by atoms with van der Waals surface area (Å²) >= 11 is 1.63. The largest absolute Gasteiger partial charge is 0.446 e. The molecule has 2 heterocycles. The molecule has 4 heteroatoms. The number of thiophene rings is 1. The normalized spacial score (nSPS) is 24.0. The number of rotatable bonds is 2. The van der Waals surface area contributed by atoms with Crippen molar-refractivity contribution in [2.24, 2.45) is 5.73 Å². The highest BCUT2D eigenvalue weighted by molar-refractivity contribution is 7.08. The molecule has 2 N–H and O–H groups in total. The molecule has 2 aromatic rings. The van der Waals surface area contributed by atoms with Crippen LogP contribution in [-0.4, -0.2) is 5.78 Å². The number of ether oxygens (including phenoxy) is 1. The Hall–Kier alpha value is -2.33. The number of hydrogen-bond acceptors (Lipinski definition) is 4. The van der Waals surface area contributed by atoms with E-state index >= 15 is 0 Å². The van der Waals surface area contributed by atoms with Crippen LogP contribution in [0.3, 0.4) is 0 Å². The summed E-state index contributed by atoms with van der Waals surface area (Å²) in [5.74, 6) is 1.39. The minimum atomic E-state index is -0.0748. The van der Waals surface area contributed by atoms with Crippen molar-refractivity contribution in [1.82, 2.24) is 0 Å². The number of carbonyl (C=O) groups is 1. The van der Waals surface area contributed by atoms with Gasteiger partial charge in [-0.3, -0.25) is 4.79 Å². The fraction of sp³-hybridized carbons (Fsp3) is 0.211. The lowest BCUT2D eigenvalue weighted by molar-refractivity contribution is -0.117. The molecule has 0 radical (unpaired) electrons. The second-order valence-corrected chi connectivity index (χ2v) is 6.76. The molecule has 0 spiro atoms. The number of nitrogens with two attached hydrogens (primary N) is 1. The lowest BCUT2D eigenvalue weighted by atomic mass is 9.76. The number of carbonyl (C=O) groups excluding carboxylic acids is 1. The average Bonchev–Trinajstić information content (AvgIpc) is 3.09. The third-order valence-electron chi connectivity index (χ3n) is 4.52. The fourth-order valence-corrected chi connectivity index (χ4v) is 4.13. The van der Waals surface area contributed by atoms with Gasteiger partial charge in [-0.15, -0.1) is 0 Å². The van der Waals surface area contributed by atoms with Crippen LogP contribution in [0.2, 0.25) is 0 Å². The summed E-state index contributed by atoms with van der Waals surface area (Å²) in [4.78, 5) is 12.8. The van der Waals surface area contributed by atoms with E-state index in [2.05, 4.69) is 17.5 Å². The van der Waals surface area contributed by atoms with Crippen LogP contribution in [0.4, 0.5) is 0 Å². The Morgan fingerprint density at radius 1 is 1.09 bits per heavy atom. The van der Waals surface area contributed by atoms with Gasteiger partial charge >= 0.3 is 0 Å². The summed E-state index contributed by atoms with van der Waals surface area (Å²) < 4.78 is 5.74. The maximum atomic E-state index is 12.8. The van der Waals surface area contributed by atoms with Crippen LogP contribution < -0.4 is 5.73 Å². The van der Waals surface area contributed by atoms with E-state index in [0.29, 0.717) is 12.3 Å².